The molecule has 0 saturated carbocycles. The van der Waals surface area contributed by atoms with E-state index in [-0.39, 0.29) is 12.5 Å². The molecule has 2 N–H and O–H groups in total. The molecule has 1 aromatic heterocycles. The molecule has 0 fully saturated rings. The Balaban J connectivity index is 1.45. The first-order chi connectivity index (χ1) is 14.7. The standard InChI is InChI=1S/C25H22N4O/c1-3-15-29-18(2)22(21-12-6-7-14-24(21)29)16-27-28-25(30)17-26-23-13-8-10-19-9-4-5-11-20(19)23/h1,4-14,16,26H,15,17H2,2H3,(H,28,30)/b27-16-. The van der Waals surface area contributed by atoms with Gasteiger partial charge in [0.05, 0.1) is 19.3 Å². The second-order valence-electron chi connectivity index (χ2n) is 6.98. The molecule has 148 valence electrons. The zero-order chi connectivity index (χ0) is 20.9. The number of benzene rings is 3. The van der Waals surface area contributed by atoms with Crippen molar-refractivity contribution in [3.05, 3.63) is 78.0 Å². The SMILES string of the molecule is C#CCn1c(C)c(/C=N\NC(=O)CNc2cccc3ccccc23)c2ccccc21. The minimum absolute atomic E-state index is 0.128. The molecule has 4 rings (SSSR count). The Morgan fingerprint density at radius 1 is 1.07 bits per heavy atom. The third-order valence-electron chi connectivity index (χ3n) is 5.14. The molecule has 0 spiro atoms. The molecule has 1 amide bonds. The van der Waals surface area contributed by atoms with E-state index in [2.05, 4.69) is 26.3 Å². The number of nitrogens with one attached hydrogen (secondary N) is 2. The average molecular weight is 394 g/mol. The molecular weight excluding hydrogens is 372 g/mol. The quantitative estimate of drug-likeness (QED) is 0.291. The summed E-state index contributed by atoms with van der Waals surface area (Å²) in [5.74, 6) is 2.47. The number of anilines is 1. The Kier molecular flexibility index (Phi) is 5.49. The second-order valence-corrected chi connectivity index (χ2v) is 6.98. The lowest BCUT2D eigenvalue weighted by atomic mass is 10.1. The molecule has 0 atom stereocenters. The minimum Gasteiger partial charge on any atom is -0.376 e. The van der Waals surface area contributed by atoms with Crippen LogP contribution in [0.25, 0.3) is 21.7 Å². The highest BCUT2D eigenvalue weighted by Gasteiger charge is 2.11. The van der Waals surface area contributed by atoms with E-state index in [1.165, 1.54) is 0 Å². The number of terminal acetylenes is 1. The molecule has 0 aliphatic heterocycles. The summed E-state index contributed by atoms with van der Waals surface area (Å²) in [7, 11) is 0. The van der Waals surface area contributed by atoms with E-state index < -0.39 is 0 Å². The van der Waals surface area contributed by atoms with E-state index in [0.717, 1.165) is 38.6 Å². The number of para-hydroxylation sites is 1. The molecule has 4 aromatic rings. The number of carbonyl (C=O) groups is 1. The van der Waals surface area contributed by atoms with Gasteiger partial charge in [-0.25, -0.2) is 5.43 Å². The molecule has 0 saturated heterocycles. The van der Waals surface area contributed by atoms with Gasteiger partial charge in [-0.05, 0) is 24.4 Å². The van der Waals surface area contributed by atoms with Crippen LogP contribution < -0.4 is 10.7 Å². The number of fused-ring (bicyclic) bond motifs is 2. The third kappa shape index (κ3) is 3.76. The van der Waals surface area contributed by atoms with Gasteiger partial charge < -0.3 is 9.88 Å². The summed E-state index contributed by atoms with van der Waals surface area (Å²) in [6.07, 6.45) is 7.20. The number of hydrazone groups is 1. The van der Waals surface area contributed by atoms with E-state index in [1.54, 1.807) is 6.21 Å². The van der Waals surface area contributed by atoms with E-state index in [4.69, 9.17) is 6.42 Å². The van der Waals surface area contributed by atoms with Crippen molar-refractivity contribution in [3.8, 4) is 12.3 Å². The number of aromatic nitrogens is 1. The van der Waals surface area contributed by atoms with Crippen LogP contribution in [0.5, 0.6) is 0 Å². The zero-order valence-electron chi connectivity index (χ0n) is 16.7. The number of rotatable bonds is 6. The topological polar surface area (TPSA) is 58.4 Å². The van der Waals surface area contributed by atoms with Crippen molar-refractivity contribution in [2.45, 2.75) is 13.5 Å². The maximum absolute atomic E-state index is 12.3. The number of carbonyl (C=O) groups excluding carboxylic acids is 1. The molecular formula is C25H22N4O. The van der Waals surface area contributed by atoms with E-state index in [0.29, 0.717) is 6.54 Å². The average Bonchev–Trinajstić information content (AvgIpc) is 3.04. The highest BCUT2D eigenvalue weighted by molar-refractivity contribution is 6.01. The molecule has 0 aliphatic rings. The van der Waals surface area contributed by atoms with Crippen LogP contribution in [0, 0.1) is 19.3 Å². The summed E-state index contributed by atoms with van der Waals surface area (Å²) in [5, 5.41) is 10.6. The van der Waals surface area contributed by atoms with Gasteiger partial charge in [-0.1, -0.05) is 60.5 Å². The molecule has 3 aromatic carbocycles. The van der Waals surface area contributed by atoms with Crippen LogP contribution in [0.4, 0.5) is 5.69 Å². The van der Waals surface area contributed by atoms with Crippen molar-refractivity contribution in [3.63, 3.8) is 0 Å². The van der Waals surface area contributed by atoms with Crippen LogP contribution >= 0.6 is 0 Å². The zero-order valence-corrected chi connectivity index (χ0v) is 16.7. The van der Waals surface area contributed by atoms with Crippen molar-refractivity contribution < 1.29 is 4.79 Å². The lowest BCUT2D eigenvalue weighted by Gasteiger charge is -2.08. The van der Waals surface area contributed by atoms with Gasteiger partial charge in [-0.2, -0.15) is 5.10 Å². The van der Waals surface area contributed by atoms with Gasteiger partial charge in [0.15, 0.2) is 0 Å². The Morgan fingerprint density at radius 2 is 1.80 bits per heavy atom. The van der Waals surface area contributed by atoms with Crippen LogP contribution in [0.15, 0.2) is 71.8 Å². The number of nitrogens with zero attached hydrogens (tertiary/aromatic N) is 2. The van der Waals surface area contributed by atoms with Crippen LogP contribution in [-0.4, -0.2) is 23.2 Å². The van der Waals surface area contributed by atoms with Crippen LogP contribution in [0.3, 0.4) is 0 Å². The maximum atomic E-state index is 12.3. The summed E-state index contributed by atoms with van der Waals surface area (Å²) >= 11 is 0. The van der Waals surface area contributed by atoms with Crippen LogP contribution in [0.2, 0.25) is 0 Å². The lowest BCUT2D eigenvalue weighted by Crippen LogP contribution is -2.26. The molecule has 0 aliphatic carbocycles. The molecule has 5 nitrogen and oxygen atoms in total. The molecule has 0 bridgehead atoms. The van der Waals surface area contributed by atoms with Crippen molar-refractivity contribution in [2.24, 2.45) is 5.10 Å². The van der Waals surface area contributed by atoms with Gasteiger partial charge in [0.2, 0.25) is 0 Å². The Morgan fingerprint density at radius 3 is 2.63 bits per heavy atom. The fourth-order valence-corrected chi connectivity index (χ4v) is 3.68. The summed E-state index contributed by atoms with van der Waals surface area (Å²) in [6, 6.07) is 22.0. The summed E-state index contributed by atoms with van der Waals surface area (Å²) in [6.45, 7) is 2.62. The number of amides is 1. The van der Waals surface area contributed by atoms with Gasteiger partial charge in [0.1, 0.15) is 0 Å². The van der Waals surface area contributed by atoms with E-state index >= 15 is 0 Å². The Hall–Kier alpha value is -4.04. The third-order valence-corrected chi connectivity index (χ3v) is 5.14. The Labute approximate surface area is 175 Å². The highest BCUT2D eigenvalue weighted by atomic mass is 16.2. The predicted octanol–water partition coefficient (Wildman–Crippen LogP) is 4.30. The second kappa shape index (κ2) is 8.54. The molecule has 0 unspecified atom stereocenters. The maximum Gasteiger partial charge on any atom is 0.259 e. The van der Waals surface area contributed by atoms with Gasteiger partial charge >= 0.3 is 0 Å². The first-order valence-electron chi connectivity index (χ1n) is 9.74. The molecule has 30 heavy (non-hydrogen) atoms. The molecule has 5 heteroatoms. The first kappa shape index (κ1) is 19.3. The van der Waals surface area contributed by atoms with Gasteiger partial charge in [0.25, 0.3) is 5.91 Å². The van der Waals surface area contributed by atoms with Crippen molar-refractivity contribution in [1.82, 2.24) is 9.99 Å². The normalized spacial score (nSPS) is 11.1. The summed E-state index contributed by atoms with van der Waals surface area (Å²) in [4.78, 5) is 12.3. The summed E-state index contributed by atoms with van der Waals surface area (Å²) < 4.78 is 2.07. The van der Waals surface area contributed by atoms with Gasteiger partial charge in [-0.3, -0.25) is 4.79 Å². The smallest absolute Gasteiger partial charge is 0.259 e. The fourth-order valence-electron chi connectivity index (χ4n) is 3.68. The molecule has 1 heterocycles. The fraction of sp³-hybridized carbons (Fsp3) is 0.120. The van der Waals surface area contributed by atoms with Gasteiger partial charge in [-0.15, -0.1) is 6.42 Å². The first-order valence-corrected chi connectivity index (χ1v) is 9.74. The monoisotopic (exact) mass is 394 g/mol. The predicted molar refractivity (Wildman–Crippen MR) is 124 cm³/mol. The van der Waals surface area contributed by atoms with Crippen molar-refractivity contribution >= 4 is 39.5 Å². The largest absolute Gasteiger partial charge is 0.376 e. The van der Waals surface area contributed by atoms with E-state index in [9.17, 15) is 4.79 Å². The van der Waals surface area contributed by atoms with Gasteiger partial charge in [0, 0.05) is 33.2 Å². The van der Waals surface area contributed by atoms with Crippen molar-refractivity contribution in [1.29, 1.82) is 0 Å². The summed E-state index contributed by atoms with van der Waals surface area (Å²) in [5.41, 5.74) is 6.53. The lowest BCUT2D eigenvalue weighted by molar-refractivity contribution is -0.119. The highest BCUT2D eigenvalue weighted by Crippen LogP contribution is 2.24. The van der Waals surface area contributed by atoms with E-state index in [1.807, 2.05) is 73.7 Å². The Bertz CT molecular complexity index is 1290. The van der Waals surface area contributed by atoms with Crippen LogP contribution in [0.1, 0.15) is 11.3 Å². The van der Waals surface area contributed by atoms with Crippen LogP contribution in [-0.2, 0) is 11.3 Å². The number of hydrogen-bond acceptors (Lipinski definition) is 3. The molecule has 0 radical (unpaired) electrons. The number of hydrogen-bond donors (Lipinski definition) is 2. The van der Waals surface area contributed by atoms with Crippen molar-refractivity contribution in [2.75, 3.05) is 11.9 Å². The minimum atomic E-state index is -0.218.